The molecule has 2 aliphatic carbocycles. The highest BCUT2D eigenvalue weighted by atomic mass is 16.5. The average Bonchev–Trinajstić information content (AvgIpc) is 2.72. The van der Waals surface area contributed by atoms with Gasteiger partial charge in [0.15, 0.2) is 0 Å². The fourth-order valence-electron chi connectivity index (χ4n) is 4.18. The van der Waals surface area contributed by atoms with Crippen LogP contribution < -0.4 is 5.73 Å². The summed E-state index contributed by atoms with van der Waals surface area (Å²) >= 11 is 0. The van der Waals surface area contributed by atoms with Crippen LogP contribution in [-0.2, 0) is 11.2 Å². The number of aryl methyl sites for hydroxylation is 1. The lowest BCUT2D eigenvalue weighted by Crippen LogP contribution is -2.52. The van der Waals surface area contributed by atoms with E-state index in [2.05, 4.69) is 38.3 Å². The second kappa shape index (κ2) is 4.88. The Hall–Kier alpha value is -0.800. The first kappa shape index (κ1) is 14.2. The first-order valence-corrected chi connectivity index (χ1v) is 8.04. The summed E-state index contributed by atoms with van der Waals surface area (Å²) in [6.07, 6.45) is 5.07. The summed E-state index contributed by atoms with van der Waals surface area (Å²) in [5, 5.41) is 0. The molecule has 0 spiro atoms. The third kappa shape index (κ3) is 1.94. The second-order valence-electron chi connectivity index (χ2n) is 7.07. The highest BCUT2D eigenvalue weighted by molar-refractivity contribution is 5.34. The van der Waals surface area contributed by atoms with Gasteiger partial charge in [-0.3, -0.25) is 0 Å². The molecule has 0 aliphatic heterocycles. The standard InChI is InChI=1S/C17H28N2O/c1-5-20-16-10-15(17(16,3)4)19-11(2)9-12-13(18)7-6-8-14(12)19/h9,13,15-16H,5-8,10,18H2,1-4H3. The van der Waals surface area contributed by atoms with E-state index >= 15 is 0 Å². The number of fused-ring (bicyclic) bond motifs is 1. The number of rotatable bonds is 3. The molecule has 1 aromatic heterocycles. The predicted octanol–water partition coefficient (Wildman–Crippen LogP) is 3.51. The molecule has 3 unspecified atom stereocenters. The van der Waals surface area contributed by atoms with E-state index in [-0.39, 0.29) is 11.5 Å². The molecular formula is C17H28N2O. The zero-order valence-corrected chi connectivity index (χ0v) is 13.3. The Morgan fingerprint density at radius 3 is 2.85 bits per heavy atom. The van der Waals surface area contributed by atoms with Crippen LogP contribution in [0.1, 0.15) is 69.1 Å². The van der Waals surface area contributed by atoms with Gasteiger partial charge < -0.3 is 15.0 Å². The summed E-state index contributed by atoms with van der Waals surface area (Å²) in [6, 6.07) is 3.13. The summed E-state index contributed by atoms with van der Waals surface area (Å²) in [7, 11) is 0. The Labute approximate surface area is 122 Å². The van der Waals surface area contributed by atoms with Crippen LogP contribution in [0.2, 0.25) is 0 Å². The molecule has 0 saturated heterocycles. The van der Waals surface area contributed by atoms with E-state index in [4.69, 9.17) is 10.5 Å². The van der Waals surface area contributed by atoms with Gasteiger partial charge in [0.2, 0.25) is 0 Å². The van der Waals surface area contributed by atoms with Crippen molar-refractivity contribution in [2.75, 3.05) is 6.61 Å². The molecule has 0 radical (unpaired) electrons. The molecule has 0 amide bonds. The van der Waals surface area contributed by atoms with Crippen LogP contribution in [0.15, 0.2) is 6.07 Å². The SMILES string of the molecule is CCOC1CC(n2c(C)cc3c2CCCC3N)C1(C)C. The fourth-order valence-corrected chi connectivity index (χ4v) is 4.18. The maximum Gasteiger partial charge on any atom is 0.0665 e. The van der Waals surface area contributed by atoms with E-state index in [1.54, 1.807) is 0 Å². The molecule has 1 heterocycles. The normalized spacial score (nSPS) is 31.8. The maximum atomic E-state index is 6.29. The second-order valence-corrected chi connectivity index (χ2v) is 7.07. The van der Waals surface area contributed by atoms with E-state index in [1.807, 2.05) is 0 Å². The van der Waals surface area contributed by atoms with Gasteiger partial charge in [-0.05, 0) is 51.2 Å². The van der Waals surface area contributed by atoms with E-state index < -0.39 is 0 Å². The van der Waals surface area contributed by atoms with Gasteiger partial charge in [0.25, 0.3) is 0 Å². The summed E-state index contributed by atoms with van der Waals surface area (Å²) in [4.78, 5) is 0. The Morgan fingerprint density at radius 1 is 1.45 bits per heavy atom. The van der Waals surface area contributed by atoms with Crippen molar-refractivity contribution in [2.24, 2.45) is 11.1 Å². The molecule has 20 heavy (non-hydrogen) atoms. The molecule has 112 valence electrons. The van der Waals surface area contributed by atoms with Crippen LogP contribution in [0.5, 0.6) is 0 Å². The smallest absolute Gasteiger partial charge is 0.0665 e. The van der Waals surface area contributed by atoms with E-state index in [0.717, 1.165) is 19.4 Å². The molecule has 0 bridgehead atoms. The van der Waals surface area contributed by atoms with Crippen LogP contribution in [0.3, 0.4) is 0 Å². The lowest BCUT2D eigenvalue weighted by atomic mass is 9.64. The summed E-state index contributed by atoms with van der Waals surface area (Å²) in [5.41, 5.74) is 10.8. The predicted molar refractivity (Wildman–Crippen MR) is 81.9 cm³/mol. The van der Waals surface area contributed by atoms with Crippen molar-refractivity contribution in [3.8, 4) is 0 Å². The monoisotopic (exact) mass is 276 g/mol. The van der Waals surface area contributed by atoms with Gasteiger partial charge in [0, 0.05) is 35.5 Å². The number of nitrogens with zero attached hydrogens (tertiary/aromatic N) is 1. The molecule has 3 atom stereocenters. The van der Waals surface area contributed by atoms with Gasteiger partial charge >= 0.3 is 0 Å². The first-order valence-electron chi connectivity index (χ1n) is 8.04. The highest BCUT2D eigenvalue weighted by Gasteiger charge is 2.50. The molecule has 2 N–H and O–H groups in total. The van der Waals surface area contributed by atoms with Gasteiger partial charge in [-0.25, -0.2) is 0 Å². The molecular weight excluding hydrogens is 248 g/mol. The lowest BCUT2D eigenvalue weighted by molar-refractivity contribution is -0.128. The molecule has 0 aromatic carbocycles. The Morgan fingerprint density at radius 2 is 2.20 bits per heavy atom. The molecule has 2 aliphatic rings. The molecule has 1 aromatic rings. The van der Waals surface area contributed by atoms with Crippen LogP contribution >= 0.6 is 0 Å². The van der Waals surface area contributed by atoms with Gasteiger partial charge in [-0.2, -0.15) is 0 Å². The van der Waals surface area contributed by atoms with Crippen molar-refractivity contribution in [1.82, 2.24) is 4.57 Å². The van der Waals surface area contributed by atoms with Crippen molar-refractivity contribution < 1.29 is 4.74 Å². The topological polar surface area (TPSA) is 40.2 Å². The van der Waals surface area contributed by atoms with E-state index in [9.17, 15) is 0 Å². The summed E-state index contributed by atoms with van der Waals surface area (Å²) < 4.78 is 8.46. The number of aromatic nitrogens is 1. The summed E-state index contributed by atoms with van der Waals surface area (Å²) in [5.74, 6) is 0. The van der Waals surface area contributed by atoms with E-state index in [0.29, 0.717) is 12.1 Å². The number of hydrogen-bond acceptors (Lipinski definition) is 2. The van der Waals surface area contributed by atoms with Crippen molar-refractivity contribution in [1.29, 1.82) is 0 Å². The summed E-state index contributed by atoms with van der Waals surface area (Å²) in [6.45, 7) is 9.82. The van der Waals surface area contributed by atoms with E-state index in [1.165, 1.54) is 29.8 Å². The third-order valence-electron chi connectivity index (χ3n) is 5.50. The minimum absolute atomic E-state index is 0.217. The first-order chi connectivity index (χ1) is 9.46. The Balaban J connectivity index is 1.93. The van der Waals surface area contributed by atoms with Gasteiger partial charge in [0.05, 0.1) is 6.10 Å². The van der Waals surface area contributed by atoms with Crippen molar-refractivity contribution in [2.45, 2.75) is 71.6 Å². The number of ether oxygens (including phenoxy) is 1. The minimum Gasteiger partial charge on any atom is -0.378 e. The molecule has 3 heteroatoms. The zero-order chi connectivity index (χ0) is 14.5. The van der Waals surface area contributed by atoms with Crippen LogP contribution in [-0.4, -0.2) is 17.3 Å². The van der Waals surface area contributed by atoms with Crippen LogP contribution in [0.25, 0.3) is 0 Å². The van der Waals surface area contributed by atoms with Crippen molar-refractivity contribution in [3.63, 3.8) is 0 Å². The third-order valence-corrected chi connectivity index (χ3v) is 5.50. The minimum atomic E-state index is 0.217. The largest absolute Gasteiger partial charge is 0.378 e. The number of hydrogen-bond donors (Lipinski definition) is 1. The van der Waals surface area contributed by atoms with Crippen LogP contribution in [0, 0.1) is 12.3 Å². The molecule has 1 saturated carbocycles. The maximum absolute atomic E-state index is 6.29. The zero-order valence-electron chi connectivity index (χ0n) is 13.3. The Kier molecular flexibility index (Phi) is 3.46. The van der Waals surface area contributed by atoms with Crippen molar-refractivity contribution in [3.05, 3.63) is 23.0 Å². The molecule has 1 fully saturated rings. The lowest BCUT2D eigenvalue weighted by Gasteiger charge is -2.53. The van der Waals surface area contributed by atoms with Crippen LogP contribution in [0.4, 0.5) is 0 Å². The number of nitrogens with two attached hydrogens (primary N) is 1. The molecule has 3 nitrogen and oxygen atoms in total. The quantitative estimate of drug-likeness (QED) is 0.917. The van der Waals surface area contributed by atoms with Gasteiger partial charge in [0.1, 0.15) is 0 Å². The average molecular weight is 276 g/mol. The van der Waals surface area contributed by atoms with Crippen molar-refractivity contribution >= 4 is 0 Å². The van der Waals surface area contributed by atoms with Gasteiger partial charge in [-0.1, -0.05) is 13.8 Å². The Bertz CT molecular complexity index is 503. The molecule has 3 rings (SSSR count). The van der Waals surface area contributed by atoms with Gasteiger partial charge in [-0.15, -0.1) is 0 Å². The fraction of sp³-hybridized carbons (Fsp3) is 0.765. The highest BCUT2D eigenvalue weighted by Crippen LogP contribution is 2.53.